The number of rotatable bonds is 10. The fourth-order valence-electron chi connectivity index (χ4n) is 10.1. The number of ketones is 4. The molecule has 1 saturated carbocycles. The van der Waals surface area contributed by atoms with Crippen LogP contribution in [0.3, 0.4) is 0 Å². The molecule has 18 nitrogen and oxygen atoms in total. The van der Waals surface area contributed by atoms with Crippen molar-refractivity contribution < 1.29 is 82.8 Å². The van der Waals surface area contributed by atoms with Crippen LogP contribution in [0.1, 0.15) is 126 Å². The van der Waals surface area contributed by atoms with Gasteiger partial charge in [-0.1, -0.05) is 71.1 Å². The molecule has 18 heteroatoms. The first kappa shape index (κ1) is 64.0. The number of esters is 2. The molecule has 2 fully saturated rings. The lowest BCUT2D eigenvalue weighted by molar-refractivity contribution is -0.177. The fourth-order valence-corrected chi connectivity index (χ4v) is 10.1. The molecular weight excluding hydrogens is 959 g/mol. The third-order valence-corrected chi connectivity index (χ3v) is 15.4. The van der Waals surface area contributed by atoms with Gasteiger partial charge >= 0.3 is 11.9 Å². The number of Topliss-reactive ketones (excluding diaryl/α,β-unsaturated/α-hetero) is 4. The molecule has 418 valence electrons. The Balaban J connectivity index is 2.01. The fraction of sp³-hybridized carbons (Fsp3) is 0.732. The zero-order valence-electron chi connectivity index (χ0n) is 45.6. The SMILES string of the molecule is COC1CC(O)CC(O)C(C)C(=O)C(=O)C(=O)N2CCCCC2C(=O)OC(C(C)CC2CCC(OC(=O)C(C)(CO)CO)C(OC)C2)CC(=O)C(C)/C=C(\C)C(O)C(OC)C(=O)C(C)CC(C)/C=C/C=C/C=C1C. The van der Waals surface area contributed by atoms with Gasteiger partial charge in [0.25, 0.3) is 11.7 Å². The molecule has 0 aromatic heterocycles. The number of amides is 1. The molecule has 2 aliphatic heterocycles. The minimum absolute atomic E-state index is 0.0402. The highest BCUT2D eigenvalue weighted by Gasteiger charge is 2.44. The Bertz CT molecular complexity index is 2020. The summed E-state index contributed by atoms with van der Waals surface area (Å²) in [7, 11) is 4.29. The van der Waals surface area contributed by atoms with Gasteiger partial charge in [-0.05, 0) is 101 Å². The minimum atomic E-state index is -1.50. The highest BCUT2D eigenvalue weighted by Crippen LogP contribution is 2.36. The molecule has 1 saturated heterocycles. The summed E-state index contributed by atoms with van der Waals surface area (Å²) in [5.74, 6) is -9.49. The Labute approximate surface area is 437 Å². The van der Waals surface area contributed by atoms with Gasteiger partial charge in [-0.25, -0.2) is 4.79 Å². The molecule has 0 bridgehead atoms. The number of aliphatic hydroxyl groups excluding tert-OH is 5. The van der Waals surface area contributed by atoms with Crippen molar-refractivity contribution in [3.63, 3.8) is 0 Å². The molecule has 0 spiro atoms. The molecule has 5 N–H and O–H groups in total. The van der Waals surface area contributed by atoms with Gasteiger partial charge in [-0.15, -0.1) is 0 Å². The smallest absolute Gasteiger partial charge is 0.329 e. The van der Waals surface area contributed by atoms with E-state index in [2.05, 4.69) is 0 Å². The average molecular weight is 1050 g/mol. The van der Waals surface area contributed by atoms with E-state index < -0.39 is 127 Å². The number of hydrogen-bond acceptors (Lipinski definition) is 17. The van der Waals surface area contributed by atoms with Crippen molar-refractivity contribution in [2.45, 2.75) is 181 Å². The van der Waals surface area contributed by atoms with E-state index >= 15 is 0 Å². The topological polar surface area (TPSA) is 270 Å². The summed E-state index contributed by atoms with van der Waals surface area (Å²) in [6.45, 7) is 12.0. The second-order valence-electron chi connectivity index (χ2n) is 21.5. The number of allylic oxidation sites excluding steroid dienone is 6. The molecule has 15 atom stereocenters. The van der Waals surface area contributed by atoms with Gasteiger partial charge in [0, 0.05) is 64.9 Å². The van der Waals surface area contributed by atoms with Crippen LogP contribution in [0.15, 0.2) is 47.6 Å². The van der Waals surface area contributed by atoms with Crippen LogP contribution in [0.2, 0.25) is 0 Å². The number of aliphatic hydroxyl groups is 5. The van der Waals surface area contributed by atoms with Gasteiger partial charge < -0.3 is 54.1 Å². The maximum atomic E-state index is 14.4. The summed E-state index contributed by atoms with van der Waals surface area (Å²) < 4.78 is 28.9. The lowest BCUT2D eigenvalue weighted by Gasteiger charge is -2.38. The lowest BCUT2D eigenvalue weighted by Crippen LogP contribution is -2.53. The molecule has 1 amide bonds. The molecule has 15 unspecified atom stereocenters. The molecule has 0 aromatic carbocycles. The predicted octanol–water partition coefficient (Wildman–Crippen LogP) is 4.54. The molecule has 0 aromatic rings. The van der Waals surface area contributed by atoms with Crippen molar-refractivity contribution in [1.29, 1.82) is 0 Å². The van der Waals surface area contributed by atoms with Crippen molar-refractivity contribution in [3.05, 3.63) is 47.6 Å². The van der Waals surface area contributed by atoms with Crippen LogP contribution in [-0.4, -0.2) is 167 Å². The maximum Gasteiger partial charge on any atom is 0.329 e. The summed E-state index contributed by atoms with van der Waals surface area (Å²) in [5, 5.41) is 53.1. The second-order valence-corrected chi connectivity index (χ2v) is 21.5. The van der Waals surface area contributed by atoms with E-state index in [0.29, 0.717) is 50.5 Å². The van der Waals surface area contributed by atoms with Gasteiger partial charge in [0.05, 0.1) is 37.6 Å². The first-order valence-corrected chi connectivity index (χ1v) is 26.3. The Hall–Kier alpha value is -4.27. The number of piperidine rings is 1. The van der Waals surface area contributed by atoms with E-state index in [1.807, 2.05) is 39.0 Å². The van der Waals surface area contributed by atoms with E-state index in [0.717, 1.165) is 10.5 Å². The van der Waals surface area contributed by atoms with Crippen molar-refractivity contribution in [3.8, 4) is 0 Å². The van der Waals surface area contributed by atoms with Crippen LogP contribution in [0.5, 0.6) is 0 Å². The van der Waals surface area contributed by atoms with Crippen molar-refractivity contribution in [2.24, 2.45) is 40.9 Å². The van der Waals surface area contributed by atoms with Gasteiger partial charge in [0.1, 0.15) is 41.7 Å². The molecule has 3 rings (SSSR count). The van der Waals surface area contributed by atoms with Crippen LogP contribution in [0, 0.1) is 40.9 Å². The molecular formula is C56H87NO17. The zero-order chi connectivity index (χ0) is 55.6. The second kappa shape index (κ2) is 30.5. The third-order valence-electron chi connectivity index (χ3n) is 15.4. The minimum Gasteiger partial charge on any atom is -0.460 e. The Morgan fingerprint density at radius 3 is 2.12 bits per heavy atom. The summed E-state index contributed by atoms with van der Waals surface area (Å²) in [6, 6.07) is -1.28. The van der Waals surface area contributed by atoms with Crippen LogP contribution >= 0.6 is 0 Å². The number of fused-ring (bicyclic) bond motifs is 1. The number of carbonyl (C=O) groups excluding carboxylic acids is 7. The van der Waals surface area contributed by atoms with Crippen LogP contribution in [0.4, 0.5) is 0 Å². The summed E-state index contributed by atoms with van der Waals surface area (Å²) in [4.78, 5) is 97.4. The normalized spacial score (nSPS) is 35.0. The monoisotopic (exact) mass is 1050 g/mol. The third kappa shape index (κ3) is 17.9. The number of methoxy groups -OCH3 is 3. The van der Waals surface area contributed by atoms with Gasteiger partial charge in [0.2, 0.25) is 5.78 Å². The lowest BCUT2D eigenvalue weighted by atomic mass is 9.78. The molecule has 1 aliphatic carbocycles. The molecule has 2 heterocycles. The number of ether oxygens (including phenoxy) is 5. The first-order chi connectivity index (χ1) is 34.9. The van der Waals surface area contributed by atoms with Crippen molar-refractivity contribution >= 4 is 41.0 Å². The van der Waals surface area contributed by atoms with Gasteiger partial charge in [-0.3, -0.25) is 28.8 Å². The predicted molar refractivity (Wildman–Crippen MR) is 274 cm³/mol. The number of nitrogens with zero attached hydrogens (tertiary/aromatic N) is 1. The quantitative estimate of drug-likeness (QED) is 0.114. The highest BCUT2D eigenvalue weighted by molar-refractivity contribution is 6.63. The molecule has 0 radical (unpaired) electrons. The van der Waals surface area contributed by atoms with E-state index in [1.165, 1.54) is 35.2 Å². The van der Waals surface area contributed by atoms with Crippen molar-refractivity contribution in [2.75, 3.05) is 41.1 Å². The molecule has 3 aliphatic rings. The van der Waals surface area contributed by atoms with E-state index in [1.54, 1.807) is 39.0 Å². The van der Waals surface area contributed by atoms with Crippen LogP contribution in [0.25, 0.3) is 0 Å². The van der Waals surface area contributed by atoms with Gasteiger partial charge in [-0.2, -0.15) is 0 Å². The first-order valence-electron chi connectivity index (χ1n) is 26.3. The number of cyclic esters (lactones) is 1. The van der Waals surface area contributed by atoms with Crippen LogP contribution < -0.4 is 0 Å². The number of hydrogen-bond donors (Lipinski definition) is 5. The summed E-state index contributed by atoms with van der Waals surface area (Å²) in [5.41, 5.74) is -0.427. The largest absolute Gasteiger partial charge is 0.460 e. The highest BCUT2D eigenvalue weighted by atomic mass is 16.6. The Morgan fingerprint density at radius 1 is 0.824 bits per heavy atom. The average Bonchev–Trinajstić information content (AvgIpc) is 3.38. The molecule has 74 heavy (non-hydrogen) atoms. The summed E-state index contributed by atoms with van der Waals surface area (Å²) in [6.07, 6.45) is 5.28. The van der Waals surface area contributed by atoms with Crippen LogP contribution in [-0.2, 0) is 57.2 Å². The van der Waals surface area contributed by atoms with E-state index in [-0.39, 0.29) is 55.6 Å². The Morgan fingerprint density at radius 2 is 1.50 bits per heavy atom. The van der Waals surface area contributed by atoms with Gasteiger partial charge in [0.15, 0.2) is 5.78 Å². The maximum absolute atomic E-state index is 14.4. The van der Waals surface area contributed by atoms with E-state index in [9.17, 15) is 59.1 Å². The van der Waals surface area contributed by atoms with E-state index in [4.69, 9.17) is 23.7 Å². The Kier molecular flexibility index (Phi) is 26.4. The number of carbonyl (C=O) groups is 7. The summed E-state index contributed by atoms with van der Waals surface area (Å²) >= 11 is 0. The standard InChI is InChI=1S/C56H87NO17/c1-32-17-13-12-14-18-33(2)45(70-9)28-40(60)27-43(62)38(7)50(65)51(66)53(67)57-22-16-15-19-41(57)54(68)73-46(29-42(61)34(3)24-37(6)49(64)52(72-11)48(63)36(5)23-32)35(4)25-39-20-21-44(47(26-39)71-10)74-55(69)56(8,30-58)31-59/h12-14,17-18,24,32,34-36,38-41,43-47,49,52,58-60,62,64H,15-16,19-23,25-31H2,1-11H3/b14-12+,17-13+,33-18?,37-24+. The zero-order valence-corrected chi connectivity index (χ0v) is 45.6. The van der Waals surface area contributed by atoms with Crippen molar-refractivity contribution in [1.82, 2.24) is 4.90 Å².